The number of benzene rings is 1. The van der Waals surface area contributed by atoms with E-state index in [1.807, 2.05) is 4.90 Å². The lowest BCUT2D eigenvalue weighted by molar-refractivity contribution is 0.0762. The van der Waals surface area contributed by atoms with Crippen LogP contribution in [0.1, 0.15) is 25.5 Å². The van der Waals surface area contributed by atoms with Crippen molar-refractivity contribution in [3.05, 3.63) is 55.7 Å². The van der Waals surface area contributed by atoms with Crippen LogP contribution in [-0.2, 0) is 0 Å². The predicted molar refractivity (Wildman–Crippen MR) is 91.8 cm³/mol. The lowest BCUT2D eigenvalue weighted by Crippen LogP contribution is -2.30. The molecular weight excluding hydrogens is 345 g/mol. The lowest BCUT2D eigenvalue weighted by Gasteiger charge is -2.23. The van der Waals surface area contributed by atoms with Gasteiger partial charge >= 0.3 is 0 Å². The second-order valence-electron chi connectivity index (χ2n) is 4.79. The molecule has 1 aromatic heterocycles. The molecule has 1 fully saturated rings. The number of nitrogens with zero attached hydrogens (tertiary/aromatic N) is 1. The fraction of sp³-hybridized carbons (Fsp3) is 0.267. The molecule has 2 heterocycles. The van der Waals surface area contributed by atoms with E-state index in [0.29, 0.717) is 15.6 Å². The minimum absolute atomic E-state index is 0.0299. The summed E-state index contributed by atoms with van der Waals surface area (Å²) in [6.07, 6.45) is 0. The Hall–Kier alpha value is -0.680. The number of hydrogen-bond donors (Lipinski definition) is 0. The summed E-state index contributed by atoms with van der Waals surface area (Å²) in [4.78, 5) is 17.1. The molecule has 0 spiro atoms. The highest BCUT2D eigenvalue weighted by molar-refractivity contribution is 7.99. The van der Waals surface area contributed by atoms with Crippen LogP contribution in [0.15, 0.2) is 30.3 Å². The van der Waals surface area contributed by atoms with Crippen molar-refractivity contribution in [2.24, 2.45) is 0 Å². The highest BCUT2D eigenvalue weighted by atomic mass is 35.5. The van der Waals surface area contributed by atoms with Gasteiger partial charge in [0.25, 0.3) is 5.91 Å². The van der Waals surface area contributed by atoms with E-state index in [-0.39, 0.29) is 11.3 Å². The molecule has 1 saturated heterocycles. The van der Waals surface area contributed by atoms with Crippen LogP contribution in [0.25, 0.3) is 0 Å². The Morgan fingerprint density at radius 3 is 2.76 bits per heavy atom. The summed E-state index contributed by atoms with van der Waals surface area (Å²) in [7, 11) is 0. The number of hydrogen-bond acceptors (Lipinski definition) is 3. The van der Waals surface area contributed by atoms with Crippen molar-refractivity contribution in [2.45, 2.75) is 12.3 Å². The van der Waals surface area contributed by atoms with Crippen LogP contribution in [0.2, 0.25) is 10.0 Å². The average molecular weight is 358 g/mol. The lowest BCUT2D eigenvalue weighted by atomic mass is 10.2. The van der Waals surface area contributed by atoms with Crippen molar-refractivity contribution in [3.8, 4) is 0 Å². The van der Waals surface area contributed by atoms with Gasteiger partial charge in [0.15, 0.2) is 0 Å². The predicted octanol–water partition coefficient (Wildman–Crippen LogP) is 5.25. The van der Waals surface area contributed by atoms with E-state index in [4.69, 9.17) is 23.2 Å². The van der Waals surface area contributed by atoms with Crippen molar-refractivity contribution in [3.63, 3.8) is 0 Å². The molecular formula is C15H13Cl2NOS2. The zero-order valence-corrected chi connectivity index (χ0v) is 14.5. The fourth-order valence-electron chi connectivity index (χ4n) is 2.32. The smallest absolute Gasteiger partial charge is 0.256 e. The molecule has 110 valence electrons. The van der Waals surface area contributed by atoms with Crippen molar-refractivity contribution < 1.29 is 4.79 Å². The Balaban J connectivity index is 1.89. The van der Waals surface area contributed by atoms with Gasteiger partial charge in [-0.25, -0.2) is 0 Å². The minimum atomic E-state index is -0.0299. The maximum absolute atomic E-state index is 12.8. The van der Waals surface area contributed by atoms with Crippen molar-refractivity contribution in [1.82, 2.24) is 4.90 Å². The minimum Gasteiger partial charge on any atom is -0.321 e. The standard InChI is InChI=1S/C15H13Cl2NOS2/c1-9-2-5-13(21-9)15-18(6-7-20-15)14(19)11-4-3-10(16)8-12(11)17/h2-5,8,15H,6-7H2,1H3/t15-/m1/s1. The number of thioether (sulfide) groups is 1. The topological polar surface area (TPSA) is 20.3 Å². The van der Waals surface area contributed by atoms with E-state index in [2.05, 4.69) is 19.1 Å². The van der Waals surface area contributed by atoms with Gasteiger partial charge in [-0.15, -0.1) is 23.1 Å². The molecule has 0 radical (unpaired) electrons. The van der Waals surface area contributed by atoms with Gasteiger partial charge in [-0.3, -0.25) is 4.79 Å². The molecule has 6 heteroatoms. The Morgan fingerprint density at radius 1 is 1.29 bits per heavy atom. The van der Waals surface area contributed by atoms with Crippen LogP contribution in [0.4, 0.5) is 0 Å². The van der Waals surface area contributed by atoms with E-state index in [1.54, 1.807) is 41.3 Å². The second-order valence-corrected chi connectivity index (χ2v) is 8.15. The zero-order valence-electron chi connectivity index (χ0n) is 11.3. The molecule has 21 heavy (non-hydrogen) atoms. The normalized spacial score (nSPS) is 18.2. The van der Waals surface area contributed by atoms with E-state index in [1.165, 1.54) is 9.75 Å². The molecule has 1 amide bonds. The van der Waals surface area contributed by atoms with Crippen LogP contribution in [0.5, 0.6) is 0 Å². The number of halogens is 2. The summed E-state index contributed by atoms with van der Waals surface area (Å²) in [6.45, 7) is 2.82. The molecule has 1 atom stereocenters. The van der Waals surface area contributed by atoms with Gasteiger partial charge in [-0.1, -0.05) is 23.2 Å². The number of carbonyl (C=O) groups excluding carboxylic acids is 1. The number of carbonyl (C=O) groups is 1. The summed E-state index contributed by atoms with van der Waals surface area (Å²) < 4.78 is 0. The van der Waals surface area contributed by atoms with Crippen LogP contribution in [0.3, 0.4) is 0 Å². The molecule has 2 aromatic rings. The maximum Gasteiger partial charge on any atom is 0.256 e. The molecule has 3 rings (SSSR count). The number of rotatable bonds is 2. The highest BCUT2D eigenvalue weighted by Gasteiger charge is 2.32. The molecule has 1 aliphatic heterocycles. The van der Waals surface area contributed by atoms with Crippen LogP contribution < -0.4 is 0 Å². The van der Waals surface area contributed by atoms with Gasteiger partial charge in [-0.2, -0.15) is 0 Å². The van der Waals surface area contributed by atoms with Gasteiger partial charge in [0, 0.05) is 27.1 Å². The molecule has 0 unspecified atom stereocenters. The summed E-state index contributed by atoms with van der Waals surface area (Å²) >= 11 is 15.6. The van der Waals surface area contributed by atoms with Crippen LogP contribution >= 0.6 is 46.3 Å². The van der Waals surface area contributed by atoms with Crippen LogP contribution in [0, 0.1) is 6.92 Å². The third-order valence-corrected chi connectivity index (χ3v) is 6.31. The Bertz CT molecular complexity index is 686. The first-order valence-electron chi connectivity index (χ1n) is 6.50. The third kappa shape index (κ3) is 3.09. The van der Waals surface area contributed by atoms with Gasteiger partial charge in [0.1, 0.15) is 5.37 Å². The first-order valence-corrected chi connectivity index (χ1v) is 9.12. The number of thiophene rings is 1. The molecule has 1 aliphatic rings. The Kier molecular flexibility index (Phi) is 4.50. The largest absolute Gasteiger partial charge is 0.321 e. The summed E-state index contributed by atoms with van der Waals surface area (Å²) in [5.74, 6) is 0.913. The summed E-state index contributed by atoms with van der Waals surface area (Å²) in [5, 5.41) is 1.03. The monoisotopic (exact) mass is 357 g/mol. The quantitative estimate of drug-likeness (QED) is 0.731. The van der Waals surface area contributed by atoms with Crippen LogP contribution in [-0.4, -0.2) is 23.1 Å². The van der Waals surface area contributed by atoms with Gasteiger partial charge in [-0.05, 0) is 37.3 Å². The third-order valence-electron chi connectivity index (χ3n) is 3.32. The van der Waals surface area contributed by atoms with E-state index in [9.17, 15) is 4.79 Å². The molecule has 2 nitrogen and oxygen atoms in total. The fourth-order valence-corrected chi connectivity index (χ4v) is 5.18. The molecule has 0 N–H and O–H groups in total. The van der Waals surface area contributed by atoms with E-state index in [0.717, 1.165) is 12.3 Å². The van der Waals surface area contributed by atoms with Gasteiger partial charge in [0.2, 0.25) is 0 Å². The van der Waals surface area contributed by atoms with Crippen molar-refractivity contribution >= 4 is 52.2 Å². The van der Waals surface area contributed by atoms with Crippen molar-refractivity contribution in [1.29, 1.82) is 0 Å². The molecule has 0 bridgehead atoms. The SMILES string of the molecule is Cc1ccc([C@H]2SCCN2C(=O)c2ccc(Cl)cc2Cl)s1. The maximum atomic E-state index is 12.8. The molecule has 0 saturated carbocycles. The first-order chi connectivity index (χ1) is 10.1. The van der Waals surface area contributed by atoms with E-state index < -0.39 is 0 Å². The second kappa shape index (κ2) is 6.21. The molecule has 0 aliphatic carbocycles. The highest BCUT2D eigenvalue weighted by Crippen LogP contribution is 2.42. The van der Waals surface area contributed by atoms with Gasteiger partial charge in [0.05, 0.1) is 10.6 Å². The average Bonchev–Trinajstić information content (AvgIpc) is 3.06. The summed E-state index contributed by atoms with van der Waals surface area (Å²) in [6, 6.07) is 9.22. The van der Waals surface area contributed by atoms with E-state index >= 15 is 0 Å². The number of aryl methyl sites for hydroxylation is 1. The van der Waals surface area contributed by atoms with Crippen molar-refractivity contribution in [2.75, 3.05) is 12.3 Å². The zero-order chi connectivity index (χ0) is 15.0. The first kappa shape index (κ1) is 15.2. The van der Waals surface area contributed by atoms with Gasteiger partial charge < -0.3 is 4.90 Å². The Labute approximate surface area is 142 Å². The molecule has 1 aromatic carbocycles. The number of amides is 1. The summed E-state index contributed by atoms with van der Waals surface area (Å²) in [5.41, 5.74) is 0.516. The Morgan fingerprint density at radius 2 is 2.10 bits per heavy atom.